The van der Waals surface area contributed by atoms with E-state index in [4.69, 9.17) is 0 Å². The maximum Gasteiger partial charge on any atom is 0.115 e. The van der Waals surface area contributed by atoms with Crippen LogP contribution in [0.25, 0.3) is 0 Å². The van der Waals surface area contributed by atoms with Crippen molar-refractivity contribution >= 4 is 16.4 Å². The molecule has 13 heavy (non-hydrogen) atoms. The number of nitrogens with zero attached hydrogens (tertiary/aromatic N) is 1. The molecule has 3 heteroatoms. The van der Waals surface area contributed by atoms with Crippen molar-refractivity contribution in [2.45, 2.75) is 44.3 Å². The Morgan fingerprint density at radius 3 is 3.00 bits per heavy atom. The van der Waals surface area contributed by atoms with Gasteiger partial charge >= 0.3 is 0 Å². The van der Waals surface area contributed by atoms with E-state index in [0.29, 0.717) is 5.25 Å². The van der Waals surface area contributed by atoms with Gasteiger partial charge < -0.3 is 0 Å². The summed E-state index contributed by atoms with van der Waals surface area (Å²) >= 11 is 0. The Hall–Kier alpha value is -0.0200. The summed E-state index contributed by atoms with van der Waals surface area (Å²) in [7, 11) is -0.374. The number of thiol groups is 1. The molecule has 1 heterocycles. The van der Waals surface area contributed by atoms with E-state index >= 15 is 0 Å². The van der Waals surface area contributed by atoms with Crippen LogP contribution in [0.15, 0.2) is 4.99 Å². The van der Waals surface area contributed by atoms with Crippen LogP contribution in [0.4, 0.5) is 0 Å². The third-order valence-electron chi connectivity index (χ3n) is 2.56. The Balaban J connectivity index is 2.07. The van der Waals surface area contributed by atoms with E-state index in [1.165, 1.54) is 32.1 Å². The zero-order valence-electron chi connectivity index (χ0n) is 8.41. The molecule has 1 aliphatic heterocycles. The highest BCUT2D eigenvalue weighted by atomic mass is 32.2. The van der Waals surface area contributed by atoms with Gasteiger partial charge in [-0.15, -0.1) is 0 Å². The Bertz CT molecular complexity index is 161. The van der Waals surface area contributed by atoms with Gasteiger partial charge in [-0.05, 0) is 6.42 Å². The molecule has 0 saturated heterocycles. The van der Waals surface area contributed by atoms with E-state index in [2.05, 4.69) is 11.9 Å². The molecular formula is C10H20NOS. The number of rotatable bonds is 6. The highest BCUT2D eigenvalue weighted by Crippen LogP contribution is 2.35. The first kappa shape index (κ1) is 11.1. The Morgan fingerprint density at radius 1 is 1.46 bits per heavy atom. The first-order valence-corrected chi connectivity index (χ1v) is 6.88. The Morgan fingerprint density at radius 2 is 2.31 bits per heavy atom. The van der Waals surface area contributed by atoms with Crippen LogP contribution in [-0.4, -0.2) is 23.3 Å². The molecule has 77 valence electrons. The molecule has 0 amide bonds. The van der Waals surface area contributed by atoms with Crippen LogP contribution in [0.5, 0.6) is 0 Å². The van der Waals surface area contributed by atoms with E-state index in [1.54, 1.807) is 0 Å². The Kier molecular flexibility index (Phi) is 5.47. The quantitative estimate of drug-likeness (QED) is 0.507. The zero-order chi connectivity index (χ0) is 9.52. The summed E-state index contributed by atoms with van der Waals surface area (Å²) in [5.41, 5.74) is 1.94. The topological polar surface area (TPSA) is 32.3 Å². The predicted octanol–water partition coefficient (Wildman–Crippen LogP) is 2.76. The van der Waals surface area contributed by atoms with Crippen LogP contribution in [0.3, 0.4) is 0 Å². The third kappa shape index (κ3) is 3.69. The first-order chi connectivity index (χ1) is 6.38. The second-order valence-corrected chi connectivity index (χ2v) is 5.87. The fourth-order valence-corrected chi connectivity index (χ4v) is 3.26. The van der Waals surface area contributed by atoms with Crippen molar-refractivity contribution in [1.29, 1.82) is 0 Å². The molecule has 0 fully saturated rings. The average Bonchev–Trinajstić information content (AvgIpc) is 2.60. The second kappa shape index (κ2) is 6.44. The van der Waals surface area contributed by atoms with Crippen LogP contribution >= 0.6 is 10.9 Å². The van der Waals surface area contributed by atoms with Crippen molar-refractivity contribution in [3.8, 4) is 0 Å². The number of hydrogen-bond donors (Lipinski definition) is 1. The molecule has 1 aliphatic rings. The largest absolute Gasteiger partial charge is 0.287 e. The zero-order valence-corrected chi connectivity index (χ0v) is 9.30. The van der Waals surface area contributed by atoms with Crippen LogP contribution in [0.1, 0.15) is 39.0 Å². The molecule has 0 aromatic heterocycles. The average molecular weight is 202 g/mol. The monoisotopic (exact) mass is 202 g/mol. The molecule has 1 radical (unpaired) electrons. The summed E-state index contributed by atoms with van der Waals surface area (Å²) < 4.78 is 0. The molecule has 2 nitrogen and oxygen atoms in total. The highest BCUT2D eigenvalue weighted by Gasteiger charge is 2.19. The molecule has 2 unspecified atom stereocenters. The van der Waals surface area contributed by atoms with Gasteiger partial charge in [-0.2, -0.15) is 10.9 Å². The minimum atomic E-state index is -0.374. The number of unbranched alkanes of at least 4 members (excludes halogenated alkanes) is 3. The van der Waals surface area contributed by atoms with Crippen molar-refractivity contribution in [2.75, 3.05) is 12.5 Å². The number of aliphatic imine (C=N–C) groups is 1. The van der Waals surface area contributed by atoms with E-state index in [1.807, 2.05) is 5.55 Å². The van der Waals surface area contributed by atoms with Crippen LogP contribution in [0.2, 0.25) is 0 Å². The van der Waals surface area contributed by atoms with Gasteiger partial charge in [0.25, 0.3) is 0 Å². The van der Waals surface area contributed by atoms with Gasteiger partial charge in [0.2, 0.25) is 0 Å². The van der Waals surface area contributed by atoms with E-state index in [9.17, 15) is 5.11 Å². The van der Waals surface area contributed by atoms with Crippen molar-refractivity contribution in [2.24, 2.45) is 4.99 Å². The Labute approximate surface area is 83.8 Å². The molecule has 2 atom stereocenters. The van der Waals surface area contributed by atoms with E-state index in [0.717, 1.165) is 6.54 Å². The molecule has 0 aromatic rings. The molecule has 0 N–H and O–H groups in total. The lowest BCUT2D eigenvalue weighted by Gasteiger charge is -2.17. The fraction of sp³-hybridized carbons (Fsp3) is 0.900. The molecule has 0 aliphatic carbocycles. The minimum absolute atomic E-state index is 0.0945. The van der Waals surface area contributed by atoms with Crippen molar-refractivity contribution in [3.63, 3.8) is 0 Å². The fourth-order valence-electron chi connectivity index (χ4n) is 1.68. The maximum atomic E-state index is 10.8. The minimum Gasteiger partial charge on any atom is -0.287 e. The van der Waals surface area contributed by atoms with Crippen LogP contribution in [0, 0.1) is 0 Å². The summed E-state index contributed by atoms with van der Waals surface area (Å²) in [4.78, 5) is 4.22. The van der Waals surface area contributed by atoms with Gasteiger partial charge in [0.05, 0.1) is 6.54 Å². The van der Waals surface area contributed by atoms with E-state index < -0.39 is 0 Å². The summed E-state index contributed by atoms with van der Waals surface area (Å²) in [6, 6.07) is 0. The van der Waals surface area contributed by atoms with Gasteiger partial charge in [-0.25, -0.2) is 5.11 Å². The van der Waals surface area contributed by atoms with Crippen LogP contribution < -0.4 is 0 Å². The van der Waals surface area contributed by atoms with E-state index in [-0.39, 0.29) is 16.8 Å². The van der Waals surface area contributed by atoms with Crippen molar-refractivity contribution < 1.29 is 5.11 Å². The van der Waals surface area contributed by atoms with Gasteiger partial charge in [0, 0.05) is 10.8 Å². The van der Waals surface area contributed by atoms with Gasteiger partial charge in [0.1, 0.15) is 5.94 Å². The second-order valence-electron chi connectivity index (χ2n) is 3.63. The summed E-state index contributed by atoms with van der Waals surface area (Å²) in [6.45, 7) is 3.16. The molecule has 1 rings (SSSR count). The molecular weight excluding hydrogens is 182 g/mol. The lowest BCUT2D eigenvalue weighted by atomic mass is 10.1. The lowest BCUT2D eigenvalue weighted by molar-refractivity contribution is 0.259. The van der Waals surface area contributed by atoms with Gasteiger partial charge in [-0.3, -0.25) is 4.99 Å². The molecule has 0 saturated carbocycles. The summed E-state index contributed by atoms with van der Waals surface area (Å²) in [5, 5.41) is 11.4. The van der Waals surface area contributed by atoms with Crippen LogP contribution in [-0.2, 0) is 5.11 Å². The standard InChI is InChI=1S/C10H20NOS/c1-2-3-4-5-6-10-7-11-8-13(10)9-12/h8,10,13H,2-7,9H2,1H3. The summed E-state index contributed by atoms with van der Waals surface area (Å²) in [6.07, 6.45) is 6.48. The number of hydrogen-bond acceptors (Lipinski definition) is 1. The third-order valence-corrected chi connectivity index (χ3v) is 4.67. The summed E-state index contributed by atoms with van der Waals surface area (Å²) in [5.74, 6) is 0.0945. The van der Waals surface area contributed by atoms with Crippen molar-refractivity contribution in [1.82, 2.24) is 0 Å². The van der Waals surface area contributed by atoms with Crippen molar-refractivity contribution in [3.05, 3.63) is 0 Å². The maximum absolute atomic E-state index is 10.8. The SMILES string of the molecule is CCCCCCC1CN=C[SH]1C[O]. The lowest BCUT2D eigenvalue weighted by Crippen LogP contribution is -2.09. The highest BCUT2D eigenvalue weighted by molar-refractivity contribution is 8.29. The smallest absolute Gasteiger partial charge is 0.115 e. The molecule has 0 spiro atoms. The van der Waals surface area contributed by atoms with Gasteiger partial charge in [0.15, 0.2) is 0 Å². The van der Waals surface area contributed by atoms with Gasteiger partial charge in [-0.1, -0.05) is 32.6 Å². The normalized spacial score (nSPS) is 29.7. The molecule has 0 aromatic carbocycles. The molecule has 0 bridgehead atoms. The predicted molar refractivity (Wildman–Crippen MR) is 60.4 cm³/mol. The first-order valence-electron chi connectivity index (χ1n) is 5.22.